The lowest BCUT2D eigenvalue weighted by molar-refractivity contribution is 0.360. The van der Waals surface area contributed by atoms with Crippen molar-refractivity contribution in [3.05, 3.63) is 23.3 Å². The van der Waals surface area contributed by atoms with Crippen molar-refractivity contribution in [2.24, 2.45) is 5.92 Å². The number of phenols is 1. The molecule has 1 saturated carbocycles. The number of nitrogens with one attached hydrogen (secondary N) is 1. The van der Waals surface area contributed by atoms with Crippen LogP contribution in [-0.2, 0) is 6.42 Å². The van der Waals surface area contributed by atoms with Gasteiger partial charge in [-0.1, -0.05) is 6.07 Å². The molecule has 1 atom stereocenters. The SMILES string of the molecule is COc1c(O)ccc2c1CCNC2C1CC1. The Kier molecular flexibility index (Phi) is 2.28. The van der Waals surface area contributed by atoms with E-state index >= 15 is 0 Å². The molecule has 0 radical (unpaired) electrons. The van der Waals surface area contributed by atoms with E-state index in [0.29, 0.717) is 11.8 Å². The molecular weight excluding hydrogens is 202 g/mol. The standard InChI is InChI=1S/C13H17NO2/c1-16-13-10-6-7-14-12(8-2-3-8)9(10)4-5-11(13)15/h4-5,8,12,14-15H,2-3,6-7H2,1H3. The van der Waals surface area contributed by atoms with Gasteiger partial charge >= 0.3 is 0 Å². The molecule has 2 N–H and O–H groups in total. The van der Waals surface area contributed by atoms with Gasteiger partial charge in [-0.2, -0.15) is 0 Å². The molecular formula is C13H17NO2. The summed E-state index contributed by atoms with van der Waals surface area (Å²) in [5.41, 5.74) is 2.52. The average Bonchev–Trinajstić information content (AvgIpc) is 3.12. The van der Waals surface area contributed by atoms with Crippen molar-refractivity contribution in [1.29, 1.82) is 0 Å². The molecule has 86 valence electrons. The number of aromatic hydroxyl groups is 1. The fourth-order valence-corrected chi connectivity index (χ4v) is 2.72. The van der Waals surface area contributed by atoms with Crippen LogP contribution in [0.25, 0.3) is 0 Å². The summed E-state index contributed by atoms with van der Waals surface area (Å²) in [4.78, 5) is 0. The minimum atomic E-state index is 0.262. The Morgan fingerprint density at radius 1 is 1.38 bits per heavy atom. The molecule has 1 aromatic carbocycles. The van der Waals surface area contributed by atoms with Gasteiger partial charge in [-0.15, -0.1) is 0 Å². The highest BCUT2D eigenvalue weighted by Gasteiger charge is 2.36. The smallest absolute Gasteiger partial charge is 0.164 e. The van der Waals surface area contributed by atoms with Crippen molar-refractivity contribution in [2.75, 3.05) is 13.7 Å². The first-order valence-corrected chi connectivity index (χ1v) is 5.93. The molecule has 1 aromatic rings. The minimum Gasteiger partial charge on any atom is -0.504 e. The summed E-state index contributed by atoms with van der Waals surface area (Å²) < 4.78 is 5.31. The number of benzene rings is 1. The topological polar surface area (TPSA) is 41.5 Å². The van der Waals surface area contributed by atoms with Crippen molar-refractivity contribution in [2.45, 2.75) is 25.3 Å². The molecule has 1 heterocycles. The van der Waals surface area contributed by atoms with E-state index < -0.39 is 0 Å². The molecule has 1 unspecified atom stereocenters. The molecule has 3 rings (SSSR count). The molecule has 0 saturated heterocycles. The highest BCUT2D eigenvalue weighted by atomic mass is 16.5. The summed E-state index contributed by atoms with van der Waals surface area (Å²) in [6.07, 6.45) is 3.58. The number of fused-ring (bicyclic) bond motifs is 1. The van der Waals surface area contributed by atoms with Crippen LogP contribution in [0.5, 0.6) is 11.5 Å². The summed E-state index contributed by atoms with van der Waals surface area (Å²) in [5.74, 6) is 1.72. The second-order valence-electron chi connectivity index (χ2n) is 4.70. The van der Waals surface area contributed by atoms with Gasteiger partial charge < -0.3 is 15.2 Å². The second-order valence-corrected chi connectivity index (χ2v) is 4.70. The molecule has 1 aliphatic carbocycles. The Bertz CT molecular complexity index is 413. The Balaban J connectivity index is 2.07. The first kappa shape index (κ1) is 9.97. The molecule has 0 amide bonds. The number of ether oxygens (including phenoxy) is 1. The van der Waals surface area contributed by atoms with E-state index in [9.17, 15) is 5.11 Å². The van der Waals surface area contributed by atoms with Crippen molar-refractivity contribution in [1.82, 2.24) is 5.32 Å². The zero-order valence-corrected chi connectivity index (χ0v) is 9.49. The van der Waals surface area contributed by atoms with E-state index in [2.05, 4.69) is 5.32 Å². The van der Waals surface area contributed by atoms with E-state index in [0.717, 1.165) is 18.9 Å². The van der Waals surface area contributed by atoms with Gasteiger partial charge in [-0.25, -0.2) is 0 Å². The maximum Gasteiger partial charge on any atom is 0.164 e. The van der Waals surface area contributed by atoms with E-state index in [1.807, 2.05) is 6.07 Å². The lowest BCUT2D eigenvalue weighted by Crippen LogP contribution is -2.31. The highest BCUT2D eigenvalue weighted by molar-refractivity contribution is 5.52. The molecule has 1 fully saturated rings. The third-order valence-corrected chi connectivity index (χ3v) is 3.65. The average molecular weight is 219 g/mol. The highest BCUT2D eigenvalue weighted by Crippen LogP contribution is 2.46. The Morgan fingerprint density at radius 2 is 2.19 bits per heavy atom. The third kappa shape index (κ3) is 1.47. The molecule has 3 heteroatoms. The number of phenolic OH excluding ortho intramolecular Hbond substituents is 1. The molecule has 1 aliphatic heterocycles. The summed E-state index contributed by atoms with van der Waals surface area (Å²) in [7, 11) is 1.63. The Labute approximate surface area is 95.4 Å². The van der Waals surface area contributed by atoms with Crippen LogP contribution in [-0.4, -0.2) is 18.8 Å². The van der Waals surface area contributed by atoms with Crippen LogP contribution in [0.3, 0.4) is 0 Å². The maximum absolute atomic E-state index is 9.76. The quantitative estimate of drug-likeness (QED) is 0.799. The van der Waals surface area contributed by atoms with Gasteiger partial charge in [-0.3, -0.25) is 0 Å². The largest absolute Gasteiger partial charge is 0.504 e. The zero-order valence-electron chi connectivity index (χ0n) is 9.49. The van der Waals surface area contributed by atoms with Crippen LogP contribution in [0, 0.1) is 5.92 Å². The molecule has 0 bridgehead atoms. The normalized spacial score (nSPS) is 23.9. The Hall–Kier alpha value is -1.22. The van der Waals surface area contributed by atoms with Crippen LogP contribution in [0.1, 0.15) is 30.0 Å². The second kappa shape index (κ2) is 3.67. The van der Waals surface area contributed by atoms with Gasteiger partial charge in [-0.05, 0) is 43.4 Å². The van der Waals surface area contributed by atoms with Crippen LogP contribution < -0.4 is 10.1 Å². The number of rotatable bonds is 2. The molecule has 3 nitrogen and oxygen atoms in total. The number of hydrogen-bond acceptors (Lipinski definition) is 3. The number of hydrogen-bond donors (Lipinski definition) is 2. The maximum atomic E-state index is 9.76. The minimum absolute atomic E-state index is 0.262. The summed E-state index contributed by atoms with van der Waals surface area (Å²) >= 11 is 0. The van der Waals surface area contributed by atoms with Gasteiger partial charge in [0.15, 0.2) is 11.5 Å². The Morgan fingerprint density at radius 3 is 2.88 bits per heavy atom. The van der Waals surface area contributed by atoms with Crippen molar-refractivity contribution < 1.29 is 9.84 Å². The first-order valence-electron chi connectivity index (χ1n) is 5.93. The zero-order chi connectivity index (χ0) is 11.1. The van der Waals surface area contributed by atoms with Crippen LogP contribution in [0.4, 0.5) is 0 Å². The molecule has 16 heavy (non-hydrogen) atoms. The third-order valence-electron chi connectivity index (χ3n) is 3.65. The van der Waals surface area contributed by atoms with Gasteiger partial charge in [0.25, 0.3) is 0 Å². The monoisotopic (exact) mass is 219 g/mol. The van der Waals surface area contributed by atoms with Gasteiger partial charge in [0.1, 0.15) is 0 Å². The summed E-state index contributed by atoms with van der Waals surface area (Å²) in [5, 5.41) is 13.3. The molecule has 2 aliphatic rings. The van der Waals surface area contributed by atoms with Crippen molar-refractivity contribution >= 4 is 0 Å². The van der Waals surface area contributed by atoms with E-state index in [1.54, 1.807) is 13.2 Å². The predicted octanol–water partition coefficient (Wildman–Crippen LogP) is 2.00. The van der Waals surface area contributed by atoms with Gasteiger partial charge in [0, 0.05) is 11.6 Å². The van der Waals surface area contributed by atoms with Crippen LogP contribution in [0.15, 0.2) is 12.1 Å². The molecule has 0 aromatic heterocycles. The first-order chi connectivity index (χ1) is 7.81. The summed E-state index contributed by atoms with van der Waals surface area (Å²) in [6, 6.07) is 4.26. The lowest BCUT2D eigenvalue weighted by atomic mass is 9.90. The van der Waals surface area contributed by atoms with Gasteiger partial charge in [0.05, 0.1) is 7.11 Å². The van der Waals surface area contributed by atoms with E-state index in [-0.39, 0.29) is 5.75 Å². The van der Waals surface area contributed by atoms with Crippen molar-refractivity contribution in [3.63, 3.8) is 0 Å². The van der Waals surface area contributed by atoms with Crippen LogP contribution in [0.2, 0.25) is 0 Å². The molecule has 0 spiro atoms. The van der Waals surface area contributed by atoms with Gasteiger partial charge in [0.2, 0.25) is 0 Å². The van der Waals surface area contributed by atoms with Crippen molar-refractivity contribution in [3.8, 4) is 11.5 Å². The van der Waals surface area contributed by atoms with E-state index in [4.69, 9.17) is 4.74 Å². The lowest BCUT2D eigenvalue weighted by Gasteiger charge is -2.28. The van der Waals surface area contributed by atoms with Crippen LogP contribution >= 0.6 is 0 Å². The fraction of sp³-hybridized carbons (Fsp3) is 0.538. The summed E-state index contributed by atoms with van der Waals surface area (Å²) in [6.45, 7) is 0.980. The van der Waals surface area contributed by atoms with E-state index in [1.165, 1.54) is 24.0 Å². The predicted molar refractivity (Wildman–Crippen MR) is 61.8 cm³/mol. The number of methoxy groups -OCH3 is 1. The fourth-order valence-electron chi connectivity index (χ4n) is 2.72.